The molecule has 1 aromatic heterocycles. The number of carbonyl (C=O) groups is 1. The Morgan fingerprint density at radius 3 is 2.67 bits per heavy atom. The summed E-state index contributed by atoms with van der Waals surface area (Å²) < 4.78 is 22.5. The first-order chi connectivity index (χ1) is 13.1. The predicted molar refractivity (Wildman–Crippen MR) is 105 cm³/mol. The lowest BCUT2D eigenvalue weighted by atomic mass is 10.1. The van der Waals surface area contributed by atoms with E-state index in [4.69, 9.17) is 9.47 Å². The molecule has 27 heavy (non-hydrogen) atoms. The first-order valence-electron chi connectivity index (χ1n) is 8.97. The Kier molecular flexibility index (Phi) is 8.77. The summed E-state index contributed by atoms with van der Waals surface area (Å²) in [6, 6.07) is 11.3. The summed E-state index contributed by atoms with van der Waals surface area (Å²) >= 11 is 0. The van der Waals surface area contributed by atoms with Crippen molar-refractivity contribution in [1.29, 1.82) is 0 Å². The van der Waals surface area contributed by atoms with Gasteiger partial charge in [-0.3, -0.25) is 13.8 Å². The molecule has 1 atom stereocenters. The first-order valence-corrected chi connectivity index (χ1v) is 10.5. The summed E-state index contributed by atoms with van der Waals surface area (Å²) in [5, 5.41) is 0. The molecule has 0 aliphatic heterocycles. The standard InChI is InChI=1S/C20H25NO5S/c1-2-10-25-19-13-21-17(12-18(19)22)14-27(24)15-20(23)26-11-6-9-16-7-4-3-5-8-16/h3-5,7-8,12-13H,2,6,9-11,14-15H2,1H3,(H,21,22). The smallest absolute Gasteiger partial charge is 0.318 e. The fourth-order valence-electron chi connectivity index (χ4n) is 2.41. The molecule has 0 radical (unpaired) electrons. The number of rotatable bonds is 11. The number of benzene rings is 1. The SMILES string of the molecule is CCCOc1c[nH]c(CS(=O)CC(=O)OCCCc2ccccc2)cc1=O. The van der Waals surface area contributed by atoms with Crippen molar-refractivity contribution < 1.29 is 18.5 Å². The van der Waals surface area contributed by atoms with Crippen LogP contribution in [0.25, 0.3) is 0 Å². The normalized spacial score (nSPS) is 11.7. The van der Waals surface area contributed by atoms with Crippen LogP contribution in [0, 0.1) is 0 Å². The zero-order valence-corrected chi connectivity index (χ0v) is 16.3. The summed E-state index contributed by atoms with van der Waals surface area (Å²) in [6.07, 6.45) is 3.81. The van der Waals surface area contributed by atoms with Crippen molar-refractivity contribution in [2.75, 3.05) is 19.0 Å². The van der Waals surface area contributed by atoms with Gasteiger partial charge in [0.05, 0.1) is 19.0 Å². The molecule has 0 saturated heterocycles. The zero-order valence-electron chi connectivity index (χ0n) is 15.4. The van der Waals surface area contributed by atoms with E-state index in [1.54, 1.807) is 0 Å². The average molecular weight is 391 g/mol. The van der Waals surface area contributed by atoms with Crippen molar-refractivity contribution in [3.05, 3.63) is 64.1 Å². The van der Waals surface area contributed by atoms with Gasteiger partial charge in [-0.05, 0) is 24.8 Å². The van der Waals surface area contributed by atoms with Crippen LogP contribution in [-0.2, 0) is 32.5 Å². The maximum Gasteiger partial charge on any atom is 0.318 e. The lowest BCUT2D eigenvalue weighted by Crippen LogP contribution is -2.17. The number of aryl methyl sites for hydroxylation is 1. The third kappa shape index (κ3) is 7.78. The van der Waals surface area contributed by atoms with E-state index in [9.17, 15) is 13.8 Å². The van der Waals surface area contributed by atoms with Crippen LogP contribution in [0.4, 0.5) is 0 Å². The molecule has 1 heterocycles. The van der Waals surface area contributed by atoms with Gasteiger partial charge in [-0.1, -0.05) is 37.3 Å². The molecule has 7 heteroatoms. The Hall–Kier alpha value is -2.41. The van der Waals surface area contributed by atoms with Crippen LogP contribution in [-0.4, -0.2) is 34.1 Å². The van der Waals surface area contributed by atoms with Crippen LogP contribution in [0.2, 0.25) is 0 Å². The molecule has 0 aliphatic rings. The van der Waals surface area contributed by atoms with E-state index in [2.05, 4.69) is 4.98 Å². The Bertz CT molecular complexity index is 804. The summed E-state index contributed by atoms with van der Waals surface area (Å²) in [5.41, 5.74) is 1.42. The number of pyridine rings is 1. The number of carbonyl (C=O) groups excluding carboxylic acids is 1. The van der Waals surface area contributed by atoms with Gasteiger partial charge in [-0.2, -0.15) is 0 Å². The van der Waals surface area contributed by atoms with E-state index in [1.807, 2.05) is 37.3 Å². The Morgan fingerprint density at radius 1 is 1.19 bits per heavy atom. The second-order valence-electron chi connectivity index (χ2n) is 6.07. The maximum absolute atomic E-state index is 12.1. The van der Waals surface area contributed by atoms with Crippen molar-refractivity contribution >= 4 is 16.8 Å². The predicted octanol–water partition coefficient (Wildman–Crippen LogP) is 2.59. The molecule has 1 N–H and O–H groups in total. The minimum atomic E-state index is -1.45. The summed E-state index contributed by atoms with van der Waals surface area (Å²) in [6.45, 7) is 2.71. The molecule has 0 bridgehead atoms. The number of aromatic nitrogens is 1. The zero-order chi connectivity index (χ0) is 19.5. The van der Waals surface area contributed by atoms with Crippen LogP contribution in [0.15, 0.2) is 47.4 Å². The van der Waals surface area contributed by atoms with Crippen molar-refractivity contribution in [3.8, 4) is 5.75 Å². The molecule has 146 valence electrons. The number of nitrogens with one attached hydrogen (secondary N) is 1. The topological polar surface area (TPSA) is 85.5 Å². The third-order valence-corrected chi connectivity index (χ3v) is 4.90. The number of ether oxygens (including phenoxy) is 2. The van der Waals surface area contributed by atoms with Gasteiger partial charge in [-0.15, -0.1) is 0 Å². The quantitative estimate of drug-likeness (QED) is 0.470. The molecular formula is C20H25NO5S. The molecule has 2 aromatic rings. The van der Waals surface area contributed by atoms with E-state index in [0.29, 0.717) is 18.9 Å². The van der Waals surface area contributed by atoms with E-state index >= 15 is 0 Å². The monoisotopic (exact) mass is 391 g/mol. The highest BCUT2D eigenvalue weighted by molar-refractivity contribution is 7.84. The van der Waals surface area contributed by atoms with E-state index in [-0.39, 0.29) is 22.7 Å². The number of hydrogen-bond acceptors (Lipinski definition) is 5. The van der Waals surface area contributed by atoms with Gasteiger partial charge in [0.2, 0.25) is 5.43 Å². The lowest BCUT2D eigenvalue weighted by molar-refractivity contribution is -0.140. The molecule has 1 unspecified atom stereocenters. The highest BCUT2D eigenvalue weighted by Crippen LogP contribution is 2.06. The lowest BCUT2D eigenvalue weighted by Gasteiger charge is -2.07. The van der Waals surface area contributed by atoms with Gasteiger partial charge in [-0.25, -0.2) is 0 Å². The van der Waals surface area contributed by atoms with Crippen molar-refractivity contribution in [3.63, 3.8) is 0 Å². The number of hydrogen-bond donors (Lipinski definition) is 1. The molecular weight excluding hydrogens is 366 g/mol. The van der Waals surface area contributed by atoms with Crippen LogP contribution in [0.1, 0.15) is 31.0 Å². The van der Waals surface area contributed by atoms with Crippen LogP contribution < -0.4 is 10.2 Å². The van der Waals surface area contributed by atoms with Crippen molar-refractivity contribution in [2.45, 2.75) is 31.9 Å². The van der Waals surface area contributed by atoms with Crippen molar-refractivity contribution in [1.82, 2.24) is 4.98 Å². The highest BCUT2D eigenvalue weighted by atomic mass is 32.2. The van der Waals surface area contributed by atoms with Gasteiger partial charge in [0.15, 0.2) is 5.75 Å². The average Bonchev–Trinajstić information content (AvgIpc) is 2.65. The molecule has 1 aromatic carbocycles. The number of esters is 1. The Labute approximate surface area is 161 Å². The van der Waals surface area contributed by atoms with Gasteiger partial charge >= 0.3 is 5.97 Å². The fraction of sp³-hybridized carbons (Fsp3) is 0.400. The van der Waals surface area contributed by atoms with E-state index < -0.39 is 16.8 Å². The molecule has 6 nitrogen and oxygen atoms in total. The number of aromatic amines is 1. The van der Waals surface area contributed by atoms with Crippen LogP contribution >= 0.6 is 0 Å². The Morgan fingerprint density at radius 2 is 1.96 bits per heavy atom. The van der Waals surface area contributed by atoms with Crippen LogP contribution in [0.3, 0.4) is 0 Å². The first kappa shape index (κ1) is 20.9. The van der Waals surface area contributed by atoms with Gasteiger partial charge in [0.25, 0.3) is 0 Å². The second-order valence-corrected chi connectivity index (χ2v) is 7.53. The van der Waals surface area contributed by atoms with Gasteiger partial charge in [0.1, 0.15) is 5.75 Å². The van der Waals surface area contributed by atoms with E-state index in [1.165, 1.54) is 17.8 Å². The fourth-order valence-corrected chi connectivity index (χ4v) is 3.37. The molecule has 2 rings (SSSR count). The summed E-state index contributed by atoms with van der Waals surface area (Å²) in [7, 11) is -1.45. The number of H-pyrrole nitrogens is 1. The minimum Gasteiger partial charge on any atom is -0.488 e. The van der Waals surface area contributed by atoms with Crippen molar-refractivity contribution in [2.24, 2.45) is 0 Å². The van der Waals surface area contributed by atoms with E-state index in [0.717, 1.165) is 19.3 Å². The maximum atomic E-state index is 12.1. The summed E-state index contributed by atoms with van der Waals surface area (Å²) in [4.78, 5) is 26.6. The molecule has 0 spiro atoms. The Balaban J connectivity index is 1.70. The second kappa shape index (κ2) is 11.3. The molecule has 0 amide bonds. The van der Waals surface area contributed by atoms with Gasteiger partial charge < -0.3 is 14.5 Å². The largest absolute Gasteiger partial charge is 0.488 e. The minimum absolute atomic E-state index is 0.0857. The third-order valence-electron chi connectivity index (χ3n) is 3.71. The highest BCUT2D eigenvalue weighted by Gasteiger charge is 2.11. The molecule has 0 aliphatic carbocycles. The molecule has 0 fully saturated rings. The summed E-state index contributed by atoms with van der Waals surface area (Å²) in [5.74, 6) is -0.361. The van der Waals surface area contributed by atoms with Crippen LogP contribution in [0.5, 0.6) is 5.75 Å². The van der Waals surface area contributed by atoms with Gasteiger partial charge in [0, 0.05) is 28.8 Å². The molecule has 0 saturated carbocycles.